The quantitative estimate of drug-likeness (QED) is 0.415. The zero-order valence-corrected chi connectivity index (χ0v) is 18.9. The number of piperazine rings is 1. The first-order chi connectivity index (χ1) is 15.7. The van der Waals surface area contributed by atoms with E-state index in [0.29, 0.717) is 31.9 Å². The van der Waals surface area contributed by atoms with Crippen LogP contribution in [0.5, 0.6) is 0 Å². The number of carbonyl (C=O) groups excluding carboxylic acids is 1. The maximum Gasteiger partial charge on any atom is 0.224 e. The van der Waals surface area contributed by atoms with Crippen LogP contribution in [0.4, 0.5) is 5.69 Å². The third-order valence-electron chi connectivity index (χ3n) is 5.59. The molecule has 7 nitrogen and oxygen atoms in total. The molecule has 3 N–H and O–H groups in total. The number of benzene rings is 2. The van der Waals surface area contributed by atoms with E-state index in [-0.39, 0.29) is 5.91 Å². The number of anilines is 1. The zero-order valence-electron chi connectivity index (χ0n) is 18.9. The molecule has 1 saturated heterocycles. The number of guanidine groups is 1. The summed E-state index contributed by atoms with van der Waals surface area (Å²) in [5, 5.41) is 16.7. The topological polar surface area (TPSA) is 80.2 Å². The molecule has 1 aliphatic rings. The summed E-state index contributed by atoms with van der Waals surface area (Å²) in [6.07, 6.45) is 0.451. The van der Waals surface area contributed by atoms with Crippen LogP contribution < -0.4 is 15.5 Å². The van der Waals surface area contributed by atoms with Gasteiger partial charge in [0.2, 0.25) is 5.91 Å². The summed E-state index contributed by atoms with van der Waals surface area (Å²) < 4.78 is 0. The van der Waals surface area contributed by atoms with Gasteiger partial charge in [0, 0.05) is 57.9 Å². The highest BCUT2D eigenvalue weighted by Crippen LogP contribution is 2.16. The van der Waals surface area contributed by atoms with Gasteiger partial charge in [-0.05, 0) is 31.0 Å². The summed E-state index contributed by atoms with van der Waals surface area (Å²) in [6.45, 7) is 6.99. The van der Waals surface area contributed by atoms with Gasteiger partial charge in [0.1, 0.15) is 0 Å². The fourth-order valence-electron chi connectivity index (χ4n) is 3.78. The van der Waals surface area contributed by atoms with Crippen molar-refractivity contribution in [1.29, 1.82) is 0 Å². The van der Waals surface area contributed by atoms with Crippen molar-refractivity contribution < 1.29 is 9.90 Å². The van der Waals surface area contributed by atoms with Crippen LogP contribution in [0.1, 0.15) is 31.4 Å². The lowest BCUT2D eigenvalue weighted by Crippen LogP contribution is -2.49. The summed E-state index contributed by atoms with van der Waals surface area (Å²) in [5.74, 6) is 0.843. The normalized spacial score (nSPS) is 15.4. The molecule has 1 amide bonds. The predicted octanol–water partition coefficient (Wildman–Crippen LogP) is 2.40. The number of amides is 1. The number of nitrogens with zero attached hydrogens (tertiary/aromatic N) is 3. The standard InChI is InChI=1S/C25H35N5O2/c1-2-26-25(27-15-13-23(31)21-9-5-3-6-10-21)28-16-14-24(32)30-19-17-29(18-20-30)22-11-7-4-8-12-22/h3-12,23,31H,2,13-20H2,1H3,(H2,26,27,28). The average Bonchev–Trinajstić information content (AvgIpc) is 2.85. The lowest BCUT2D eigenvalue weighted by Gasteiger charge is -2.36. The van der Waals surface area contributed by atoms with E-state index in [9.17, 15) is 9.90 Å². The molecule has 32 heavy (non-hydrogen) atoms. The zero-order chi connectivity index (χ0) is 22.6. The van der Waals surface area contributed by atoms with Crippen molar-refractivity contribution in [3.05, 3.63) is 66.2 Å². The van der Waals surface area contributed by atoms with Crippen molar-refractivity contribution in [2.75, 3.05) is 50.7 Å². The van der Waals surface area contributed by atoms with Gasteiger partial charge in [-0.1, -0.05) is 48.5 Å². The van der Waals surface area contributed by atoms with E-state index in [1.54, 1.807) is 0 Å². The smallest absolute Gasteiger partial charge is 0.224 e. The molecule has 0 aliphatic carbocycles. The van der Waals surface area contributed by atoms with Crippen LogP contribution in [0.15, 0.2) is 65.7 Å². The molecule has 0 saturated carbocycles. The minimum atomic E-state index is -0.529. The van der Waals surface area contributed by atoms with Crippen LogP contribution in [-0.2, 0) is 4.79 Å². The third-order valence-corrected chi connectivity index (χ3v) is 5.59. The van der Waals surface area contributed by atoms with E-state index in [1.807, 2.05) is 60.4 Å². The summed E-state index contributed by atoms with van der Waals surface area (Å²) in [7, 11) is 0. The van der Waals surface area contributed by atoms with Gasteiger partial charge in [-0.3, -0.25) is 9.79 Å². The molecule has 2 aromatic carbocycles. The highest BCUT2D eigenvalue weighted by molar-refractivity contribution is 5.81. The maximum absolute atomic E-state index is 12.6. The van der Waals surface area contributed by atoms with Crippen LogP contribution in [0, 0.1) is 0 Å². The molecule has 1 atom stereocenters. The van der Waals surface area contributed by atoms with Crippen molar-refractivity contribution in [3.63, 3.8) is 0 Å². The minimum absolute atomic E-state index is 0.167. The van der Waals surface area contributed by atoms with Crippen molar-refractivity contribution in [3.8, 4) is 0 Å². The Hall–Kier alpha value is -3.06. The number of hydrogen-bond donors (Lipinski definition) is 3. The highest BCUT2D eigenvalue weighted by atomic mass is 16.3. The molecule has 1 aliphatic heterocycles. The van der Waals surface area contributed by atoms with Crippen LogP contribution in [0.2, 0.25) is 0 Å². The molecule has 172 valence electrons. The predicted molar refractivity (Wildman–Crippen MR) is 130 cm³/mol. The SMILES string of the molecule is CCNC(=NCCC(O)c1ccccc1)NCCC(=O)N1CCN(c2ccccc2)CC1. The van der Waals surface area contributed by atoms with E-state index in [1.165, 1.54) is 5.69 Å². The molecular formula is C25H35N5O2. The number of aliphatic imine (C=N–C) groups is 1. The number of rotatable bonds is 9. The fourth-order valence-corrected chi connectivity index (χ4v) is 3.78. The van der Waals surface area contributed by atoms with Crippen LogP contribution in [0.3, 0.4) is 0 Å². The molecule has 0 spiro atoms. The molecule has 3 rings (SSSR count). The molecular weight excluding hydrogens is 402 g/mol. The number of nitrogens with one attached hydrogen (secondary N) is 2. The van der Waals surface area contributed by atoms with E-state index >= 15 is 0 Å². The summed E-state index contributed by atoms with van der Waals surface area (Å²) in [6, 6.07) is 20.0. The van der Waals surface area contributed by atoms with Crippen LogP contribution >= 0.6 is 0 Å². The summed E-state index contributed by atoms with van der Waals surface area (Å²) >= 11 is 0. The Morgan fingerprint density at radius 3 is 2.31 bits per heavy atom. The molecule has 2 aromatic rings. The van der Waals surface area contributed by atoms with Gasteiger partial charge in [-0.15, -0.1) is 0 Å². The van der Waals surface area contributed by atoms with Gasteiger partial charge in [-0.2, -0.15) is 0 Å². The Morgan fingerprint density at radius 1 is 1.00 bits per heavy atom. The second-order valence-corrected chi connectivity index (χ2v) is 7.86. The Morgan fingerprint density at radius 2 is 1.66 bits per heavy atom. The number of aliphatic hydroxyl groups excluding tert-OH is 1. The molecule has 0 bridgehead atoms. The molecule has 0 aromatic heterocycles. The van der Waals surface area contributed by atoms with E-state index < -0.39 is 6.10 Å². The van der Waals surface area contributed by atoms with Gasteiger partial charge >= 0.3 is 0 Å². The second-order valence-electron chi connectivity index (χ2n) is 7.86. The molecule has 1 unspecified atom stereocenters. The minimum Gasteiger partial charge on any atom is -0.388 e. The lowest BCUT2D eigenvalue weighted by molar-refractivity contribution is -0.131. The van der Waals surface area contributed by atoms with E-state index in [0.717, 1.165) is 38.3 Å². The summed E-state index contributed by atoms with van der Waals surface area (Å²) in [4.78, 5) is 21.4. The van der Waals surface area contributed by atoms with Gasteiger partial charge in [0.25, 0.3) is 0 Å². The van der Waals surface area contributed by atoms with E-state index in [2.05, 4.69) is 32.7 Å². The molecule has 7 heteroatoms. The number of hydrogen-bond acceptors (Lipinski definition) is 4. The van der Waals surface area contributed by atoms with Gasteiger partial charge in [0.15, 0.2) is 5.96 Å². The lowest BCUT2D eigenvalue weighted by atomic mass is 10.1. The average molecular weight is 438 g/mol. The molecule has 1 heterocycles. The maximum atomic E-state index is 12.6. The first-order valence-electron chi connectivity index (χ1n) is 11.5. The van der Waals surface area contributed by atoms with Crippen molar-refractivity contribution >= 4 is 17.6 Å². The number of carbonyl (C=O) groups is 1. The van der Waals surface area contributed by atoms with Crippen molar-refractivity contribution in [2.24, 2.45) is 4.99 Å². The van der Waals surface area contributed by atoms with Gasteiger partial charge in [-0.25, -0.2) is 0 Å². The van der Waals surface area contributed by atoms with E-state index in [4.69, 9.17) is 0 Å². The second kappa shape index (κ2) is 12.7. The third kappa shape index (κ3) is 7.27. The first kappa shape index (κ1) is 23.6. The summed E-state index contributed by atoms with van der Waals surface area (Å²) in [5.41, 5.74) is 2.11. The Labute approximate surface area is 191 Å². The largest absolute Gasteiger partial charge is 0.388 e. The van der Waals surface area contributed by atoms with Gasteiger partial charge in [0.05, 0.1) is 6.10 Å². The molecule has 1 fully saturated rings. The molecule has 0 radical (unpaired) electrons. The van der Waals surface area contributed by atoms with Crippen molar-refractivity contribution in [2.45, 2.75) is 25.9 Å². The van der Waals surface area contributed by atoms with Gasteiger partial charge < -0.3 is 25.5 Å². The van der Waals surface area contributed by atoms with Crippen molar-refractivity contribution in [1.82, 2.24) is 15.5 Å². The highest BCUT2D eigenvalue weighted by Gasteiger charge is 2.20. The fraction of sp³-hybridized carbons (Fsp3) is 0.440. The van der Waals surface area contributed by atoms with Crippen LogP contribution in [0.25, 0.3) is 0 Å². The Balaban J connectivity index is 1.38. The first-order valence-corrected chi connectivity index (χ1v) is 11.5. The Bertz CT molecular complexity index is 836. The Kier molecular flexibility index (Phi) is 9.37. The number of para-hydroxylation sites is 1. The monoisotopic (exact) mass is 437 g/mol. The number of aliphatic hydroxyl groups is 1. The van der Waals surface area contributed by atoms with Crippen LogP contribution in [-0.4, -0.2) is 67.7 Å².